The fourth-order valence-electron chi connectivity index (χ4n) is 3.99. The summed E-state index contributed by atoms with van der Waals surface area (Å²) in [5.41, 5.74) is 7.51. The van der Waals surface area contributed by atoms with Gasteiger partial charge < -0.3 is 30.2 Å². The van der Waals surface area contributed by atoms with E-state index in [-0.39, 0.29) is 30.2 Å². The molecule has 9 nitrogen and oxygen atoms in total. The lowest BCUT2D eigenvalue weighted by molar-refractivity contribution is -0.116. The Hall–Kier alpha value is -3.88. The average molecular weight is 494 g/mol. The van der Waals surface area contributed by atoms with Crippen LogP contribution in [0.1, 0.15) is 54.6 Å². The van der Waals surface area contributed by atoms with Crippen LogP contribution in [-0.2, 0) is 11.2 Å². The van der Waals surface area contributed by atoms with Crippen LogP contribution in [0.25, 0.3) is 0 Å². The van der Waals surface area contributed by atoms with Crippen molar-refractivity contribution in [2.24, 2.45) is 5.73 Å². The molecule has 0 bridgehead atoms. The summed E-state index contributed by atoms with van der Waals surface area (Å²) in [6.45, 7) is 5.51. The summed E-state index contributed by atoms with van der Waals surface area (Å²) in [5.74, 6) is 1.68. The fraction of sp³-hybridized carbons (Fsp3) is 0.407. The lowest BCUT2D eigenvalue weighted by Crippen LogP contribution is -2.40. The van der Waals surface area contributed by atoms with Crippen LogP contribution in [0.5, 0.6) is 11.5 Å². The van der Waals surface area contributed by atoms with Crippen LogP contribution in [-0.4, -0.2) is 60.6 Å². The predicted octanol–water partition coefficient (Wildman–Crippen LogP) is 3.14. The van der Waals surface area contributed by atoms with Crippen molar-refractivity contribution in [2.75, 3.05) is 26.2 Å². The number of hydrogen-bond donors (Lipinski definition) is 4. The highest BCUT2D eigenvalue weighted by Gasteiger charge is 2.20. The number of amides is 1. The molecule has 5 N–H and O–H groups in total. The van der Waals surface area contributed by atoms with E-state index in [0.29, 0.717) is 42.1 Å². The molecule has 0 atom stereocenters. The van der Waals surface area contributed by atoms with Gasteiger partial charge in [0.2, 0.25) is 0 Å². The molecule has 192 valence electrons. The highest BCUT2D eigenvalue weighted by Crippen LogP contribution is 2.23. The molecule has 1 fully saturated rings. The first-order valence-corrected chi connectivity index (χ1v) is 12.2. The number of rotatable bonds is 11. The number of amidine groups is 2. The van der Waals surface area contributed by atoms with Crippen LogP contribution in [0.2, 0.25) is 0 Å². The Bertz CT molecular complexity index is 1090. The third-order valence-electron chi connectivity index (χ3n) is 6.11. The van der Waals surface area contributed by atoms with Crippen molar-refractivity contribution in [2.45, 2.75) is 45.6 Å². The van der Waals surface area contributed by atoms with Gasteiger partial charge in [-0.25, -0.2) is 0 Å². The number of nitrogens with one attached hydrogen (secondary N) is 3. The number of hydrogen-bond acceptors (Lipinski definition) is 6. The van der Waals surface area contributed by atoms with E-state index in [1.807, 2.05) is 11.0 Å². The average Bonchev–Trinajstić information content (AvgIpc) is 2.86. The van der Waals surface area contributed by atoms with Gasteiger partial charge >= 0.3 is 0 Å². The van der Waals surface area contributed by atoms with Crippen molar-refractivity contribution in [3.8, 4) is 11.5 Å². The number of nitrogen functional groups attached to an aromatic ring is 1. The number of nitrogens with two attached hydrogens (primary N) is 1. The molecule has 0 spiro atoms. The Morgan fingerprint density at radius 3 is 2.33 bits per heavy atom. The zero-order valence-corrected chi connectivity index (χ0v) is 20.9. The van der Waals surface area contributed by atoms with Crippen molar-refractivity contribution in [3.05, 3.63) is 59.2 Å². The van der Waals surface area contributed by atoms with Gasteiger partial charge in [0.1, 0.15) is 35.8 Å². The van der Waals surface area contributed by atoms with Gasteiger partial charge in [-0.15, -0.1) is 0 Å². The van der Waals surface area contributed by atoms with E-state index in [1.165, 1.54) is 0 Å². The molecule has 9 heteroatoms. The number of likely N-dealkylation sites (tertiary alicyclic amines) is 1. The maximum atomic E-state index is 12.5. The van der Waals surface area contributed by atoms with Crippen LogP contribution in [0, 0.1) is 10.8 Å². The van der Waals surface area contributed by atoms with E-state index in [2.05, 4.69) is 5.32 Å². The number of ketones is 1. The molecule has 0 aromatic heterocycles. The third-order valence-corrected chi connectivity index (χ3v) is 6.11. The summed E-state index contributed by atoms with van der Waals surface area (Å²) in [6.07, 6.45) is 2.77. The molecule has 1 aliphatic rings. The van der Waals surface area contributed by atoms with E-state index in [0.717, 1.165) is 37.2 Å². The molecule has 1 aliphatic heterocycles. The standard InChI is InChI=1S/C27H35N5O4/c1-18(33)3-4-20-5-6-22(26(29)30)17-25(20)35-16-13-31-27(34)21-7-9-23(10-8-21)36-24-11-14-32(15-12-24)19(2)28/h5-10,17,24,28H,3-4,11-16H2,1-2H3,(H3,29,30)(H,31,34). The Morgan fingerprint density at radius 2 is 1.72 bits per heavy atom. The predicted molar refractivity (Wildman–Crippen MR) is 139 cm³/mol. The first kappa shape index (κ1) is 26.7. The second-order valence-electron chi connectivity index (χ2n) is 8.96. The van der Waals surface area contributed by atoms with Crippen molar-refractivity contribution in [1.82, 2.24) is 10.2 Å². The minimum atomic E-state index is -0.214. The summed E-state index contributed by atoms with van der Waals surface area (Å²) in [7, 11) is 0. The van der Waals surface area contributed by atoms with Crippen LogP contribution < -0.4 is 20.5 Å². The van der Waals surface area contributed by atoms with Crippen LogP contribution in [0.15, 0.2) is 42.5 Å². The van der Waals surface area contributed by atoms with Crippen LogP contribution >= 0.6 is 0 Å². The Balaban J connectivity index is 1.47. The number of carbonyl (C=O) groups excluding carboxylic acids is 2. The van der Waals surface area contributed by atoms with Gasteiger partial charge in [0, 0.05) is 43.5 Å². The topological polar surface area (TPSA) is 142 Å². The lowest BCUT2D eigenvalue weighted by Gasteiger charge is -2.32. The molecule has 0 radical (unpaired) electrons. The van der Waals surface area contributed by atoms with E-state index >= 15 is 0 Å². The maximum Gasteiger partial charge on any atom is 0.251 e. The molecular weight excluding hydrogens is 458 g/mol. The Morgan fingerprint density at radius 1 is 1.06 bits per heavy atom. The molecule has 0 saturated carbocycles. The smallest absolute Gasteiger partial charge is 0.251 e. The number of nitrogens with zero attached hydrogens (tertiary/aromatic N) is 1. The molecule has 3 rings (SSSR count). The SMILES string of the molecule is CC(=N)N1CCC(Oc2ccc(C(=O)NCCOc3cc(C(=N)N)ccc3CCC(C)=O)cc2)CC1. The summed E-state index contributed by atoms with van der Waals surface area (Å²) >= 11 is 0. The highest BCUT2D eigenvalue weighted by atomic mass is 16.5. The van der Waals surface area contributed by atoms with Crippen LogP contribution in [0.4, 0.5) is 0 Å². The summed E-state index contributed by atoms with van der Waals surface area (Å²) in [5, 5.41) is 18.2. The zero-order valence-electron chi connectivity index (χ0n) is 20.9. The van der Waals surface area contributed by atoms with Crippen molar-refractivity contribution in [3.63, 3.8) is 0 Å². The highest BCUT2D eigenvalue weighted by molar-refractivity contribution is 5.95. The Labute approximate surface area is 212 Å². The fourth-order valence-corrected chi connectivity index (χ4v) is 3.99. The normalized spacial score (nSPS) is 13.7. The number of Topliss-reactive ketones (excluding diaryl/α,β-unsaturated/α-hetero) is 1. The number of aryl methyl sites for hydroxylation is 1. The first-order valence-electron chi connectivity index (χ1n) is 12.2. The lowest BCUT2D eigenvalue weighted by atomic mass is 10.0. The van der Waals surface area contributed by atoms with E-state index in [4.69, 9.17) is 26.0 Å². The van der Waals surface area contributed by atoms with Crippen molar-refractivity contribution in [1.29, 1.82) is 10.8 Å². The zero-order chi connectivity index (χ0) is 26.1. The molecule has 1 heterocycles. The second kappa shape index (κ2) is 12.7. The van der Waals surface area contributed by atoms with Crippen molar-refractivity contribution < 1.29 is 19.1 Å². The van der Waals surface area contributed by atoms with Gasteiger partial charge in [-0.3, -0.25) is 15.6 Å². The number of benzene rings is 2. The van der Waals surface area contributed by atoms with E-state index < -0.39 is 0 Å². The van der Waals surface area contributed by atoms with Gasteiger partial charge in [0.25, 0.3) is 5.91 Å². The number of ether oxygens (including phenoxy) is 2. The minimum Gasteiger partial charge on any atom is -0.491 e. The van der Waals surface area contributed by atoms with Crippen molar-refractivity contribution >= 4 is 23.4 Å². The molecule has 0 unspecified atom stereocenters. The van der Waals surface area contributed by atoms with Gasteiger partial charge in [-0.1, -0.05) is 12.1 Å². The first-order chi connectivity index (χ1) is 17.2. The number of carbonyl (C=O) groups is 2. The molecule has 1 saturated heterocycles. The third kappa shape index (κ3) is 7.83. The molecular formula is C27H35N5O4. The minimum absolute atomic E-state index is 0.0642. The molecule has 2 aromatic carbocycles. The van der Waals surface area contributed by atoms with Gasteiger partial charge in [0.15, 0.2) is 0 Å². The molecule has 0 aliphatic carbocycles. The van der Waals surface area contributed by atoms with Gasteiger partial charge in [-0.2, -0.15) is 0 Å². The largest absolute Gasteiger partial charge is 0.491 e. The quantitative estimate of drug-likeness (QED) is 0.215. The summed E-state index contributed by atoms with van der Waals surface area (Å²) < 4.78 is 11.9. The molecule has 36 heavy (non-hydrogen) atoms. The number of piperidine rings is 1. The molecule has 1 amide bonds. The summed E-state index contributed by atoms with van der Waals surface area (Å²) in [6, 6.07) is 12.3. The Kier molecular flexibility index (Phi) is 9.44. The van der Waals surface area contributed by atoms with E-state index in [9.17, 15) is 9.59 Å². The van der Waals surface area contributed by atoms with E-state index in [1.54, 1.807) is 50.2 Å². The summed E-state index contributed by atoms with van der Waals surface area (Å²) in [4.78, 5) is 25.9. The molecule has 2 aromatic rings. The second-order valence-corrected chi connectivity index (χ2v) is 8.96. The van der Waals surface area contributed by atoms with Gasteiger partial charge in [-0.05, 0) is 56.2 Å². The maximum absolute atomic E-state index is 12.5. The van der Waals surface area contributed by atoms with Crippen LogP contribution in [0.3, 0.4) is 0 Å². The monoisotopic (exact) mass is 493 g/mol. The van der Waals surface area contributed by atoms with Gasteiger partial charge in [0.05, 0.1) is 12.4 Å².